The van der Waals surface area contributed by atoms with E-state index in [1.165, 1.54) is 0 Å². The summed E-state index contributed by atoms with van der Waals surface area (Å²) in [6.45, 7) is 4.62. The van der Waals surface area contributed by atoms with Crippen molar-refractivity contribution < 1.29 is 9.59 Å². The van der Waals surface area contributed by atoms with E-state index in [1.54, 1.807) is 0 Å². The summed E-state index contributed by atoms with van der Waals surface area (Å²) in [7, 11) is 2.06. The molecule has 0 bridgehead atoms. The van der Waals surface area contributed by atoms with Crippen molar-refractivity contribution in [3.63, 3.8) is 0 Å². The van der Waals surface area contributed by atoms with Gasteiger partial charge in [-0.1, -0.05) is 30.3 Å². The molecule has 2 atom stereocenters. The van der Waals surface area contributed by atoms with E-state index >= 15 is 0 Å². The Morgan fingerprint density at radius 3 is 2.52 bits per heavy atom. The van der Waals surface area contributed by atoms with Crippen LogP contribution in [0.1, 0.15) is 18.5 Å². The fourth-order valence-corrected chi connectivity index (χ4v) is 2.86. The second-order valence-electron chi connectivity index (χ2n) is 5.52. The Balaban J connectivity index is 2.27. The SMILES string of the molecule is C[C@@H]1CN(C)CCN1[C@H](C(=O)NC(N)=O)c1ccccc1. The largest absolute Gasteiger partial charge is 0.351 e. The molecule has 2 rings (SSSR count). The second kappa shape index (κ2) is 6.69. The Bertz CT molecular complexity index is 506. The van der Waals surface area contributed by atoms with Crippen molar-refractivity contribution >= 4 is 11.9 Å². The van der Waals surface area contributed by atoms with Crippen LogP contribution in [0.25, 0.3) is 0 Å². The normalized spacial score (nSPS) is 21.7. The maximum absolute atomic E-state index is 12.4. The minimum absolute atomic E-state index is 0.215. The molecule has 1 heterocycles. The summed E-state index contributed by atoms with van der Waals surface area (Å²) in [5, 5.41) is 2.22. The Labute approximate surface area is 124 Å². The van der Waals surface area contributed by atoms with E-state index in [9.17, 15) is 9.59 Å². The summed E-state index contributed by atoms with van der Waals surface area (Å²) in [6.07, 6.45) is 0. The van der Waals surface area contributed by atoms with Gasteiger partial charge in [0.2, 0.25) is 5.91 Å². The number of nitrogens with zero attached hydrogens (tertiary/aromatic N) is 2. The van der Waals surface area contributed by atoms with Crippen molar-refractivity contribution in [2.24, 2.45) is 5.73 Å². The van der Waals surface area contributed by atoms with E-state index < -0.39 is 12.1 Å². The van der Waals surface area contributed by atoms with E-state index in [2.05, 4.69) is 29.1 Å². The first-order valence-corrected chi connectivity index (χ1v) is 7.08. The molecule has 0 aromatic heterocycles. The fraction of sp³-hybridized carbons (Fsp3) is 0.467. The van der Waals surface area contributed by atoms with Gasteiger partial charge in [-0.05, 0) is 19.5 Å². The molecule has 1 aliphatic heterocycles. The third-order valence-electron chi connectivity index (χ3n) is 3.82. The molecule has 1 fully saturated rings. The number of hydrogen-bond donors (Lipinski definition) is 2. The van der Waals surface area contributed by atoms with E-state index in [0.29, 0.717) is 0 Å². The van der Waals surface area contributed by atoms with Crippen molar-refractivity contribution in [1.29, 1.82) is 0 Å². The Morgan fingerprint density at radius 1 is 1.29 bits per heavy atom. The predicted molar refractivity (Wildman–Crippen MR) is 80.6 cm³/mol. The minimum Gasteiger partial charge on any atom is -0.351 e. The lowest BCUT2D eigenvalue weighted by Crippen LogP contribution is -2.55. The van der Waals surface area contributed by atoms with E-state index in [1.807, 2.05) is 30.3 Å². The average molecular weight is 290 g/mol. The van der Waals surface area contributed by atoms with Gasteiger partial charge in [-0.3, -0.25) is 15.0 Å². The number of piperazine rings is 1. The first kappa shape index (κ1) is 15.5. The molecule has 1 aromatic rings. The number of carbonyl (C=O) groups is 2. The van der Waals surface area contributed by atoms with Crippen LogP contribution in [0.3, 0.4) is 0 Å². The number of likely N-dealkylation sites (N-methyl/N-ethyl adjacent to an activating group) is 1. The highest BCUT2D eigenvalue weighted by molar-refractivity contribution is 5.96. The zero-order valence-electron chi connectivity index (χ0n) is 12.5. The predicted octanol–water partition coefficient (Wildman–Crippen LogP) is 0.559. The Morgan fingerprint density at radius 2 is 1.95 bits per heavy atom. The summed E-state index contributed by atoms with van der Waals surface area (Å²) in [5.74, 6) is -0.370. The first-order chi connectivity index (χ1) is 9.99. The smallest absolute Gasteiger partial charge is 0.318 e. The quantitative estimate of drug-likeness (QED) is 0.852. The summed E-state index contributed by atoms with van der Waals surface area (Å²) in [5.41, 5.74) is 5.97. The molecule has 0 radical (unpaired) electrons. The maximum Gasteiger partial charge on any atom is 0.318 e. The maximum atomic E-state index is 12.4. The molecule has 6 nitrogen and oxygen atoms in total. The molecule has 1 aliphatic rings. The summed E-state index contributed by atoms with van der Waals surface area (Å²) < 4.78 is 0. The number of benzene rings is 1. The molecule has 0 spiro atoms. The van der Waals surface area contributed by atoms with Crippen molar-refractivity contribution in [2.75, 3.05) is 26.7 Å². The molecule has 0 unspecified atom stereocenters. The van der Waals surface area contributed by atoms with Gasteiger partial charge in [0.25, 0.3) is 0 Å². The van der Waals surface area contributed by atoms with E-state index in [0.717, 1.165) is 25.2 Å². The summed E-state index contributed by atoms with van der Waals surface area (Å²) >= 11 is 0. The minimum atomic E-state index is -0.817. The van der Waals surface area contributed by atoms with Crippen LogP contribution in [0.4, 0.5) is 4.79 Å². The molecule has 21 heavy (non-hydrogen) atoms. The number of rotatable bonds is 3. The van der Waals surface area contributed by atoms with Gasteiger partial charge in [0.15, 0.2) is 0 Å². The van der Waals surface area contributed by atoms with Gasteiger partial charge >= 0.3 is 6.03 Å². The molecule has 1 aromatic carbocycles. The lowest BCUT2D eigenvalue weighted by atomic mass is 10.0. The van der Waals surface area contributed by atoms with Crippen LogP contribution in [-0.4, -0.2) is 54.5 Å². The zero-order chi connectivity index (χ0) is 15.4. The Hall–Kier alpha value is -1.92. The van der Waals surface area contributed by atoms with Crippen LogP contribution in [0.5, 0.6) is 0 Å². The standard InChI is InChI=1S/C15H22N4O2/c1-11-10-18(2)8-9-19(11)13(14(20)17-15(16)21)12-6-4-3-5-7-12/h3-7,11,13H,8-10H2,1-2H3,(H3,16,17,20,21)/t11-,13+/m1/s1. The number of carbonyl (C=O) groups excluding carboxylic acids is 2. The monoisotopic (exact) mass is 290 g/mol. The summed E-state index contributed by atoms with van der Waals surface area (Å²) in [6, 6.07) is 8.38. The van der Waals surface area contributed by atoms with Crippen LogP contribution in [0.2, 0.25) is 0 Å². The molecule has 3 N–H and O–H groups in total. The topological polar surface area (TPSA) is 78.7 Å². The highest BCUT2D eigenvalue weighted by Crippen LogP contribution is 2.25. The third kappa shape index (κ3) is 3.80. The number of hydrogen-bond acceptors (Lipinski definition) is 4. The molecule has 114 valence electrons. The summed E-state index contributed by atoms with van der Waals surface area (Å²) in [4.78, 5) is 27.8. The number of imide groups is 1. The van der Waals surface area contributed by atoms with Crippen molar-refractivity contribution in [3.8, 4) is 0 Å². The van der Waals surface area contributed by atoms with Gasteiger partial charge in [0.05, 0.1) is 0 Å². The second-order valence-corrected chi connectivity index (χ2v) is 5.52. The van der Waals surface area contributed by atoms with Crippen LogP contribution in [0, 0.1) is 0 Å². The molecule has 0 aliphatic carbocycles. The zero-order valence-corrected chi connectivity index (χ0v) is 12.5. The highest BCUT2D eigenvalue weighted by atomic mass is 16.2. The van der Waals surface area contributed by atoms with Crippen molar-refractivity contribution in [3.05, 3.63) is 35.9 Å². The molecular weight excluding hydrogens is 268 g/mol. The number of nitrogens with two attached hydrogens (primary N) is 1. The number of amides is 3. The number of primary amides is 1. The van der Waals surface area contributed by atoms with Gasteiger partial charge in [-0.2, -0.15) is 0 Å². The van der Waals surface area contributed by atoms with Gasteiger partial charge in [-0.25, -0.2) is 4.79 Å². The third-order valence-corrected chi connectivity index (χ3v) is 3.82. The molecule has 0 saturated carbocycles. The van der Waals surface area contributed by atoms with Gasteiger partial charge in [0, 0.05) is 25.7 Å². The van der Waals surface area contributed by atoms with Crippen LogP contribution in [0.15, 0.2) is 30.3 Å². The van der Waals surface area contributed by atoms with E-state index in [4.69, 9.17) is 5.73 Å². The highest BCUT2D eigenvalue weighted by Gasteiger charge is 2.34. The van der Waals surface area contributed by atoms with Gasteiger partial charge < -0.3 is 10.6 Å². The average Bonchev–Trinajstić information content (AvgIpc) is 2.42. The molecule has 3 amide bonds. The van der Waals surface area contributed by atoms with Crippen LogP contribution < -0.4 is 11.1 Å². The first-order valence-electron chi connectivity index (χ1n) is 7.08. The number of urea groups is 1. The van der Waals surface area contributed by atoms with E-state index in [-0.39, 0.29) is 11.9 Å². The fourth-order valence-electron chi connectivity index (χ4n) is 2.86. The Kier molecular flexibility index (Phi) is 4.93. The molecular formula is C15H22N4O2. The molecule has 1 saturated heterocycles. The van der Waals surface area contributed by atoms with Gasteiger partial charge in [-0.15, -0.1) is 0 Å². The van der Waals surface area contributed by atoms with Crippen LogP contribution >= 0.6 is 0 Å². The van der Waals surface area contributed by atoms with Crippen molar-refractivity contribution in [1.82, 2.24) is 15.1 Å². The lowest BCUT2D eigenvalue weighted by molar-refractivity contribution is -0.127. The number of nitrogens with one attached hydrogen (secondary N) is 1. The lowest BCUT2D eigenvalue weighted by Gasteiger charge is -2.42. The van der Waals surface area contributed by atoms with Crippen LogP contribution in [-0.2, 0) is 4.79 Å². The van der Waals surface area contributed by atoms with Crippen molar-refractivity contribution in [2.45, 2.75) is 19.0 Å². The molecule has 6 heteroatoms. The van der Waals surface area contributed by atoms with Gasteiger partial charge in [0.1, 0.15) is 6.04 Å².